The van der Waals surface area contributed by atoms with Gasteiger partial charge in [0.1, 0.15) is 0 Å². The van der Waals surface area contributed by atoms with Gasteiger partial charge in [-0.1, -0.05) is 0 Å². The second-order valence-corrected chi connectivity index (χ2v) is 2.91. The van der Waals surface area contributed by atoms with E-state index in [1.54, 1.807) is 24.4 Å². The highest BCUT2D eigenvalue weighted by atomic mass is 19.1. The Bertz CT molecular complexity index is 455. The van der Waals surface area contributed by atoms with Gasteiger partial charge in [-0.25, -0.2) is 4.98 Å². The van der Waals surface area contributed by atoms with Crippen LogP contribution in [0.5, 0.6) is 0 Å². The Labute approximate surface area is 81.5 Å². The van der Waals surface area contributed by atoms with Gasteiger partial charge in [0.05, 0.1) is 0 Å². The molecule has 0 N–H and O–H groups in total. The summed E-state index contributed by atoms with van der Waals surface area (Å²) in [6.07, 6.45) is 3.06. The van der Waals surface area contributed by atoms with Gasteiger partial charge in [-0.15, -0.1) is 0 Å². The van der Waals surface area contributed by atoms with Gasteiger partial charge < -0.3 is 0 Å². The minimum absolute atomic E-state index is 0.456. The quantitative estimate of drug-likeness (QED) is 0.640. The number of rotatable bonds is 1. The van der Waals surface area contributed by atoms with E-state index in [1.807, 2.05) is 6.92 Å². The van der Waals surface area contributed by atoms with Crippen molar-refractivity contribution in [3.63, 3.8) is 0 Å². The van der Waals surface area contributed by atoms with Crippen molar-refractivity contribution in [1.29, 1.82) is 0 Å². The van der Waals surface area contributed by atoms with Crippen molar-refractivity contribution in [1.82, 2.24) is 9.97 Å². The average Bonchev–Trinajstić information content (AvgIpc) is 2.18. The largest absolute Gasteiger partial charge is 0.261 e. The van der Waals surface area contributed by atoms with Gasteiger partial charge in [0.25, 0.3) is 0 Å². The van der Waals surface area contributed by atoms with E-state index in [1.165, 1.54) is 6.20 Å². The lowest BCUT2D eigenvalue weighted by Crippen LogP contribution is -1.89. The molecule has 0 aliphatic heterocycles. The molecule has 3 heteroatoms. The van der Waals surface area contributed by atoms with Crippen molar-refractivity contribution < 1.29 is 4.39 Å². The molecule has 2 aromatic heterocycles. The lowest BCUT2D eigenvalue weighted by atomic mass is 10.1. The molecule has 0 saturated carbocycles. The molecule has 69 valence electrons. The molecule has 1 radical (unpaired) electrons. The van der Waals surface area contributed by atoms with Gasteiger partial charge in [-0.3, -0.25) is 4.98 Å². The third-order valence-electron chi connectivity index (χ3n) is 1.87. The molecule has 0 amide bonds. The van der Waals surface area contributed by atoms with Crippen LogP contribution in [0.25, 0.3) is 11.1 Å². The first-order chi connectivity index (χ1) is 6.77. The van der Waals surface area contributed by atoms with E-state index in [4.69, 9.17) is 0 Å². The summed E-state index contributed by atoms with van der Waals surface area (Å²) < 4.78 is 13.3. The van der Waals surface area contributed by atoms with Gasteiger partial charge in [0, 0.05) is 29.7 Å². The number of hydrogen-bond donors (Lipinski definition) is 0. The molecule has 2 heterocycles. The van der Waals surface area contributed by atoms with E-state index in [0.717, 1.165) is 5.69 Å². The highest BCUT2D eigenvalue weighted by molar-refractivity contribution is 5.61. The first-order valence-electron chi connectivity index (χ1n) is 4.23. The lowest BCUT2D eigenvalue weighted by Gasteiger charge is -2.01. The Morgan fingerprint density at radius 2 is 2.07 bits per heavy atom. The lowest BCUT2D eigenvalue weighted by molar-refractivity contribution is 0.587. The van der Waals surface area contributed by atoms with Crippen LogP contribution < -0.4 is 0 Å². The molecule has 2 rings (SSSR count). The van der Waals surface area contributed by atoms with E-state index in [9.17, 15) is 4.39 Å². The normalized spacial score (nSPS) is 10.1. The minimum atomic E-state index is -0.477. The molecule has 0 saturated heterocycles. The highest BCUT2D eigenvalue weighted by Gasteiger charge is 2.05. The molecular weight excluding hydrogens is 179 g/mol. The maximum absolute atomic E-state index is 13.3. The summed E-state index contributed by atoms with van der Waals surface area (Å²) in [6, 6.07) is 8.06. The van der Waals surface area contributed by atoms with Crippen LogP contribution >= 0.6 is 0 Å². The number of nitrogens with zero attached hydrogens (tertiary/aromatic N) is 2. The maximum Gasteiger partial charge on any atom is 0.220 e. The Morgan fingerprint density at radius 3 is 2.79 bits per heavy atom. The van der Waals surface area contributed by atoms with Gasteiger partial charge in [-0.05, 0) is 30.7 Å². The Kier molecular flexibility index (Phi) is 2.23. The average molecular weight is 187 g/mol. The van der Waals surface area contributed by atoms with Crippen LogP contribution in [0.2, 0.25) is 0 Å². The second kappa shape index (κ2) is 3.54. The summed E-state index contributed by atoms with van der Waals surface area (Å²) in [7, 11) is 0. The smallest absolute Gasteiger partial charge is 0.220 e. The number of halogens is 1. The molecule has 0 atom stereocenters. The van der Waals surface area contributed by atoms with E-state index >= 15 is 0 Å². The molecule has 0 aliphatic rings. The fourth-order valence-corrected chi connectivity index (χ4v) is 1.24. The fraction of sp³-hybridized carbons (Fsp3) is 0.0909. The molecule has 0 spiro atoms. The molecule has 0 aromatic carbocycles. The summed E-state index contributed by atoms with van der Waals surface area (Å²) in [6.45, 7) is 1.82. The van der Waals surface area contributed by atoms with Crippen LogP contribution in [0.4, 0.5) is 4.39 Å². The minimum Gasteiger partial charge on any atom is -0.261 e. The summed E-state index contributed by atoms with van der Waals surface area (Å²) in [5.74, 6) is -0.477. The third kappa shape index (κ3) is 1.62. The van der Waals surface area contributed by atoms with E-state index in [0.29, 0.717) is 11.1 Å². The van der Waals surface area contributed by atoms with Crippen LogP contribution in [-0.2, 0) is 0 Å². The third-order valence-corrected chi connectivity index (χ3v) is 1.87. The summed E-state index contributed by atoms with van der Waals surface area (Å²) in [4.78, 5) is 7.57. The van der Waals surface area contributed by atoms with Crippen molar-refractivity contribution in [2.45, 2.75) is 6.92 Å². The van der Waals surface area contributed by atoms with Gasteiger partial charge in [-0.2, -0.15) is 4.39 Å². The van der Waals surface area contributed by atoms with Crippen molar-refractivity contribution in [3.05, 3.63) is 48.3 Å². The number of pyridine rings is 2. The van der Waals surface area contributed by atoms with E-state index < -0.39 is 5.95 Å². The van der Waals surface area contributed by atoms with Crippen molar-refractivity contribution in [2.75, 3.05) is 0 Å². The van der Waals surface area contributed by atoms with Crippen LogP contribution in [0, 0.1) is 18.9 Å². The topological polar surface area (TPSA) is 25.8 Å². The van der Waals surface area contributed by atoms with Gasteiger partial charge in [0.2, 0.25) is 5.95 Å². The summed E-state index contributed by atoms with van der Waals surface area (Å²) >= 11 is 0. The molecule has 2 aromatic rings. The van der Waals surface area contributed by atoms with Gasteiger partial charge >= 0.3 is 0 Å². The molecule has 0 fully saturated rings. The number of hydrogen-bond acceptors (Lipinski definition) is 2. The van der Waals surface area contributed by atoms with Crippen molar-refractivity contribution in [2.24, 2.45) is 0 Å². The van der Waals surface area contributed by atoms with E-state index in [2.05, 4.69) is 16.0 Å². The number of aryl methyl sites for hydroxylation is 1. The standard InChI is InChI=1S/C11H8FN2/c1-8-7-9(4-6-13-8)10-3-2-5-14-11(10)12/h2-6H,1H3. The maximum atomic E-state index is 13.3. The Balaban J connectivity index is 2.55. The van der Waals surface area contributed by atoms with Crippen LogP contribution in [0.1, 0.15) is 5.69 Å². The SMILES string of the molecule is Cc1[c]c(-c2cccnc2F)ccn1. The monoisotopic (exact) mass is 187 g/mol. The first-order valence-corrected chi connectivity index (χ1v) is 4.23. The van der Waals surface area contributed by atoms with Gasteiger partial charge in [0.15, 0.2) is 0 Å². The summed E-state index contributed by atoms with van der Waals surface area (Å²) in [5, 5.41) is 0. The van der Waals surface area contributed by atoms with Crippen LogP contribution in [-0.4, -0.2) is 9.97 Å². The molecule has 2 nitrogen and oxygen atoms in total. The Morgan fingerprint density at radius 1 is 1.21 bits per heavy atom. The fourth-order valence-electron chi connectivity index (χ4n) is 1.24. The molecule has 14 heavy (non-hydrogen) atoms. The van der Waals surface area contributed by atoms with Crippen molar-refractivity contribution in [3.8, 4) is 11.1 Å². The highest BCUT2D eigenvalue weighted by Crippen LogP contribution is 2.20. The molecule has 0 unspecified atom stereocenters. The van der Waals surface area contributed by atoms with Crippen molar-refractivity contribution >= 4 is 0 Å². The zero-order chi connectivity index (χ0) is 9.97. The molecular formula is C11H8FN2. The molecule has 0 aliphatic carbocycles. The van der Waals surface area contributed by atoms with Crippen LogP contribution in [0.15, 0.2) is 30.6 Å². The number of aromatic nitrogens is 2. The first kappa shape index (κ1) is 8.81. The predicted octanol–water partition coefficient (Wildman–Crippen LogP) is 2.39. The zero-order valence-electron chi connectivity index (χ0n) is 7.66. The zero-order valence-corrected chi connectivity index (χ0v) is 7.66. The second-order valence-electron chi connectivity index (χ2n) is 2.91. The van der Waals surface area contributed by atoms with E-state index in [-0.39, 0.29) is 0 Å². The molecule has 0 bridgehead atoms. The summed E-state index contributed by atoms with van der Waals surface area (Å²) in [5.41, 5.74) is 1.88. The Hall–Kier alpha value is -1.77. The predicted molar refractivity (Wildman–Crippen MR) is 51.0 cm³/mol. The van der Waals surface area contributed by atoms with Crippen LogP contribution in [0.3, 0.4) is 0 Å².